The van der Waals surface area contributed by atoms with Crippen molar-refractivity contribution in [3.05, 3.63) is 42.1 Å². The number of nitrogens with one attached hydrogen (secondary N) is 1. The van der Waals surface area contributed by atoms with E-state index in [4.69, 9.17) is 14.3 Å². The topological polar surface area (TPSA) is 160 Å². The zero-order chi connectivity index (χ0) is 28.2. The van der Waals surface area contributed by atoms with Gasteiger partial charge in [0.15, 0.2) is 5.82 Å². The Bertz CT molecular complexity index is 1140. The van der Waals surface area contributed by atoms with Crippen LogP contribution in [0, 0.1) is 0 Å². The molecule has 0 bridgehead atoms. The first-order valence-corrected chi connectivity index (χ1v) is 12.8. The van der Waals surface area contributed by atoms with Gasteiger partial charge in [0.1, 0.15) is 11.7 Å². The molecule has 2 aromatic rings. The molecule has 13 nitrogen and oxygen atoms in total. The van der Waals surface area contributed by atoms with E-state index < -0.39 is 30.0 Å². The minimum Gasteiger partial charge on any atom is -0.481 e. The van der Waals surface area contributed by atoms with Gasteiger partial charge in [0.2, 0.25) is 11.8 Å². The molecule has 2 heterocycles. The third-order valence-corrected chi connectivity index (χ3v) is 5.69. The van der Waals surface area contributed by atoms with Gasteiger partial charge in [0.25, 0.3) is 5.91 Å². The van der Waals surface area contributed by atoms with E-state index >= 15 is 0 Å². The number of carbonyl (C=O) groups excluding carboxylic acids is 3. The number of benzene rings is 1. The van der Waals surface area contributed by atoms with Crippen molar-refractivity contribution >= 4 is 23.9 Å². The van der Waals surface area contributed by atoms with E-state index in [9.17, 15) is 24.3 Å². The maximum absolute atomic E-state index is 13.3. The van der Waals surface area contributed by atoms with E-state index in [0.717, 1.165) is 6.42 Å². The highest BCUT2D eigenvalue weighted by molar-refractivity contribution is 5.96. The monoisotopic (exact) mass is 543 g/mol. The van der Waals surface area contributed by atoms with Crippen molar-refractivity contribution in [1.82, 2.24) is 25.2 Å². The third kappa shape index (κ3) is 8.92. The number of rotatable bonds is 12. The Kier molecular flexibility index (Phi) is 11.0. The number of aliphatic carboxylic acids is 1. The predicted octanol–water partition coefficient (Wildman–Crippen LogP) is 2.13. The summed E-state index contributed by atoms with van der Waals surface area (Å²) in [5.74, 6) is -1.72. The summed E-state index contributed by atoms with van der Waals surface area (Å²) in [5.41, 5.74) is 0.658. The molecule has 1 aromatic heterocycles. The molecular formula is C26H33N5O8. The molecule has 0 radical (unpaired) electrons. The van der Waals surface area contributed by atoms with Crippen molar-refractivity contribution in [2.45, 2.75) is 39.2 Å². The Morgan fingerprint density at radius 3 is 2.41 bits per heavy atom. The molecule has 3 rings (SSSR count). The molecule has 210 valence electrons. The summed E-state index contributed by atoms with van der Waals surface area (Å²) in [6.45, 7) is 5.03. The molecule has 1 aliphatic rings. The zero-order valence-electron chi connectivity index (χ0n) is 22.0. The molecule has 2 N–H and O–H groups in total. The molecule has 1 aliphatic heterocycles. The number of nitrogens with zero attached hydrogens (tertiary/aromatic N) is 4. The Balaban J connectivity index is 1.75. The average Bonchev–Trinajstić information content (AvgIpc) is 2.94. The molecule has 0 spiro atoms. The number of carbonyl (C=O) groups is 4. The summed E-state index contributed by atoms with van der Waals surface area (Å²) in [6, 6.07) is 9.35. The van der Waals surface area contributed by atoms with Crippen molar-refractivity contribution in [3.8, 4) is 17.3 Å². The second-order valence-electron chi connectivity index (χ2n) is 8.62. The van der Waals surface area contributed by atoms with Gasteiger partial charge < -0.3 is 29.6 Å². The van der Waals surface area contributed by atoms with E-state index in [0.29, 0.717) is 12.2 Å². The molecular weight excluding hydrogens is 510 g/mol. The van der Waals surface area contributed by atoms with Gasteiger partial charge in [0, 0.05) is 31.1 Å². The van der Waals surface area contributed by atoms with E-state index in [2.05, 4.69) is 15.3 Å². The smallest absolute Gasteiger partial charge is 0.481 e. The van der Waals surface area contributed by atoms with Gasteiger partial charge in [-0.3, -0.25) is 14.4 Å². The van der Waals surface area contributed by atoms with Gasteiger partial charge in [-0.15, -0.1) is 5.06 Å². The van der Waals surface area contributed by atoms with Crippen molar-refractivity contribution in [3.63, 3.8) is 0 Å². The van der Waals surface area contributed by atoms with E-state index in [1.54, 1.807) is 19.1 Å². The standard InChI is InChI=1S/C26H33N5O8/c1-3-16-38-21-17-20(27-23(29-21)18-8-6-5-7-9-18)24(34)28-19(10-11-22(32)33)25(35)30-12-14-31(15-13-30)39-26(36)37-4-2/h5-9,17,19H,3-4,10-16H2,1-2H3,(H,28,34)(H,32,33)/t19-/m0/s1. The summed E-state index contributed by atoms with van der Waals surface area (Å²) in [4.78, 5) is 64.7. The molecule has 0 saturated carbocycles. The summed E-state index contributed by atoms with van der Waals surface area (Å²) >= 11 is 0. The lowest BCUT2D eigenvalue weighted by Gasteiger charge is -2.35. The molecule has 1 fully saturated rings. The van der Waals surface area contributed by atoms with Crippen molar-refractivity contribution in [1.29, 1.82) is 0 Å². The second kappa shape index (κ2) is 14.6. The number of carboxylic acids is 1. The number of hydrogen-bond acceptors (Lipinski definition) is 10. The molecule has 1 atom stereocenters. The van der Waals surface area contributed by atoms with Crippen molar-refractivity contribution < 1.29 is 38.6 Å². The highest BCUT2D eigenvalue weighted by Gasteiger charge is 2.31. The van der Waals surface area contributed by atoms with Crippen LogP contribution in [0.2, 0.25) is 0 Å². The Labute approximate surface area is 226 Å². The van der Waals surface area contributed by atoms with Crippen LogP contribution in [0.1, 0.15) is 43.6 Å². The number of aromatic nitrogens is 2. The Hall–Kier alpha value is -4.26. The van der Waals surface area contributed by atoms with Crippen LogP contribution in [0.25, 0.3) is 11.4 Å². The summed E-state index contributed by atoms with van der Waals surface area (Å²) in [6.07, 6.45) is -0.538. The van der Waals surface area contributed by atoms with Crippen LogP contribution in [0.15, 0.2) is 36.4 Å². The van der Waals surface area contributed by atoms with Crippen LogP contribution in [0.4, 0.5) is 4.79 Å². The molecule has 0 aliphatic carbocycles. The number of hydrogen-bond donors (Lipinski definition) is 2. The first-order valence-electron chi connectivity index (χ1n) is 12.8. The molecule has 2 amide bonds. The van der Waals surface area contributed by atoms with Gasteiger partial charge in [0.05, 0.1) is 26.3 Å². The second-order valence-corrected chi connectivity index (χ2v) is 8.62. The van der Waals surface area contributed by atoms with Crippen LogP contribution < -0.4 is 10.1 Å². The highest BCUT2D eigenvalue weighted by Crippen LogP contribution is 2.20. The molecule has 1 aromatic carbocycles. The van der Waals surface area contributed by atoms with Crippen LogP contribution >= 0.6 is 0 Å². The number of amides is 2. The van der Waals surface area contributed by atoms with Gasteiger partial charge >= 0.3 is 12.1 Å². The fraction of sp³-hybridized carbons (Fsp3) is 0.462. The quantitative estimate of drug-likeness (QED) is 0.377. The summed E-state index contributed by atoms with van der Waals surface area (Å²) in [7, 11) is 0. The van der Waals surface area contributed by atoms with Crippen molar-refractivity contribution in [2.24, 2.45) is 0 Å². The lowest BCUT2D eigenvalue weighted by atomic mass is 10.1. The molecule has 0 unspecified atom stereocenters. The zero-order valence-corrected chi connectivity index (χ0v) is 22.0. The predicted molar refractivity (Wildman–Crippen MR) is 138 cm³/mol. The molecule has 1 saturated heterocycles. The van der Waals surface area contributed by atoms with E-state index in [1.807, 2.05) is 25.1 Å². The average molecular weight is 544 g/mol. The first kappa shape index (κ1) is 29.3. The fourth-order valence-electron chi connectivity index (χ4n) is 3.77. The minimum atomic E-state index is -1.11. The maximum Gasteiger partial charge on any atom is 0.527 e. The SMILES string of the molecule is CCCOc1cc(C(=O)N[C@@H](CCC(=O)O)C(=O)N2CCN(OC(=O)OCC)CC2)nc(-c2ccccc2)n1. The van der Waals surface area contributed by atoms with Crippen molar-refractivity contribution in [2.75, 3.05) is 39.4 Å². The molecule has 13 heteroatoms. The Morgan fingerprint density at radius 2 is 1.77 bits per heavy atom. The van der Waals surface area contributed by atoms with E-state index in [-0.39, 0.29) is 63.0 Å². The highest BCUT2D eigenvalue weighted by atomic mass is 16.8. The van der Waals surface area contributed by atoms with Crippen LogP contribution in [-0.4, -0.2) is 94.4 Å². The normalized spacial score (nSPS) is 14.3. The van der Waals surface area contributed by atoms with Crippen LogP contribution in [-0.2, 0) is 19.2 Å². The lowest BCUT2D eigenvalue weighted by molar-refractivity contribution is -0.157. The fourth-order valence-corrected chi connectivity index (χ4v) is 3.77. The number of piperazine rings is 1. The first-order chi connectivity index (χ1) is 18.8. The Morgan fingerprint density at radius 1 is 1.05 bits per heavy atom. The van der Waals surface area contributed by atoms with E-state index in [1.165, 1.54) is 16.0 Å². The number of ether oxygens (including phenoxy) is 2. The number of carboxylic acid groups (broad SMARTS) is 1. The maximum atomic E-state index is 13.3. The van der Waals surface area contributed by atoms with Gasteiger partial charge in [-0.25, -0.2) is 9.78 Å². The van der Waals surface area contributed by atoms with Crippen LogP contribution in [0.3, 0.4) is 0 Å². The van der Waals surface area contributed by atoms with Gasteiger partial charge in [-0.1, -0.05) is 37.3 Å². The molecule has 39 heavy (non-hydrogen) atoms. The van der Waals surface area contributed by atoms with Gasteiger partial charge in [-0.2, -0.15) is 4.98 Å². The summed E-state index contributed by atoms with van der Waals surface area (Å²) in [5, 5.41) is 13.2. The van der Waals surface area contributed by atoms with Gasteiger partial charge in [-0.05, 0) is 19.8 Å². The number of hydroxylamine groups is 2. The minimum absolute atomic E-state index is 0.0178. The third-order valence-electron chi connectivity index (χ3n) is 5.69. The lowest BCUT2D eigenvalue weighted by Crippen LogP contribution is -2.55. The summed E-state index contributed by atoms with van der Waals surface area (Å²) < 4.78 is 10.4. The largest absolute Gasteiger partial charge is 0.527 e. The van der Waals surface area contributed by atoms with Crippen LogP contribution in [0.5, 0.6) is 5.88 Å².